The first-order chi connectivity index (χ1) is 11.5. The molecule has 1 aromatic carbocycles. The van der Waals surface area contributed by atoms with E-state index in [0.29, 0.717) is 5.57 Å². The van der Waals surface area contributed by atoms with E-state index in [2.05, 4.69) is 27.7 Å². The van der Waals surface area contributed by atoms with Crippen LogP contribution in [0.1, 0.15) is 19.4 Å². The first kappa shape index (κ1) is 16.1. The number of rotatable bonds is 2. The molecule has 0 spiro atoms. The number of amides is 2. The summed E-state index contributed by atoms with van der Waals surface area (Å²) in [6.07, 6.45) is 3.69. The molecular formula is C18H17N3O2S. The van der Waals surface area contributed by atoms with Crippen molar-refractivity contribution in [2.24, 2.45) is 0 Å². The summed E-state index contributed by atoms with van der Waals surface area (Å²) < 4.78 is 0. The van der Waals surface area contributed by atoms with Gasteiger partial charge in [-0.2, -0.15) is 0 Å². The van der Waals surface area contributed by atoms with Crippen LogP contribution in [0, 0.1) is 0 Å². The van der Waals surface area contributed by atoms with E-state index >= 15 is 0 Å². The normalized spacial score (nSPS) is 18.1. The average molecular weight is 339 g/mol. The van der Waals surface area contributed by atoms with E-state index in [1.54, 1.807) is 0 Å². The van der Waals surface area contributed by atoms with Gasteiger partial charge in [-0.05, 0) is 49.4 Å². The maximum atomic E-state index is 12.1. The predicted octanol–water partition coefficient (Wildman–Crippen LogP) is 2.14. The van der Waals surface area contributed by atoms with Gasteiger partial charge in [0.25, 0.3) is 11.8 Å². The van der Waals surface area contributed by atoms with Crippen molar-refractivity contribution in [2.75, 3.05) is 0 Å². The molecule has 0 unspecified atom stereocenters. The van der Waals surface area contributed by atoms with E-state index < -0.39 is 11.8 Å². The molecule has 5 nitrogen and oxygen atoms in total. The van der Waals surface area contributed by atoms with Crippen LogP contribution < -0.4 is 10.6 Å². The summed E-state index contributed by atoms with van der Waals surface area (Å²) in [6, 6.07) is 10.1. The minimum absolute atomic E-state index is 0.0391. The predicted molar refractivity (Wildman–Crippen MR) is 95.4 cm³/mol. The Hall–Kier alpha value is -2.73. The second kappa shape index (κ2) is 6.41. The lowest BCUT2D eigenvalue weighted by Gasteiger charge is -2.30. The topological polar surface area (TPSA) is 61.4 Å². The van der Waals surface area contributed by atoms with Crippen LogP contribution in [0.25, 0.3) is 0 Å². The summed E-state index contributed by atoms with van der Waals surface area (Å²) >= 11 is 4.83. The number of thiocarbonyl (C=S) groups is 1. The van der Waals surface area contributed by atoms with Crippen molar-refractivity contribution in [3.05, 3.63) is 70.6 Å². The summed E-state index contributed by atoms with van der Waals surface area (Å²) in [5.74, 6) is -0.938. The molecule has 122 valence electrons. The Morgan fingerprint density at radius 2 is 1.50 bits per heavy atom. The molecule has 3 rings (SSSR count). The highest BCUT2D eigenvalue weighted by Crippen LogP contribution is 2.27. The fourth-order valence-corrected chi connectivity index (χ4v) is 3.00. The van der Waals surface area contributed by atoms with Gasteiger partial charge in [-0.15, -0.1) is 0 Å². The lowest BCUT2D eigenvalue weighted by molar-refractivity contribution is -0.123. The number of nitrogens with one attached hydrogen (secondary N) is 2. The third kappa shape index (κ3) is 3.14. The Balaban J connectivity index is 1.93. The highest BCUT2D eigenvalue weighted by Gasteiger charge is 2.29. The van der Waals surface area contributed by atoms with Crippen molar-refractivity contribution in [3.63, 3.8) is 0 Å². The first-order valence-corrected chi connectivity index (χ1v) is 7.95. The number of hydrogen-bond acceptors (Lipinski definition) is 4. The Bertz CT molecular complexity index is 778. The van der Waals surface area contributed by atoms with E-state index in [1.165, 1.54) is 5.56 Å². The van der Waals surface area contributed by atoms with Crippen LogP contribution in [-0.4, -0.2) is 21.8 Å². The third-order valence-corrected chi connectivity index (χ3v) is 4.16. The monoisotopic (exact) mass is 339 g/mol. The highest BCUT2D eigenvalue weighted by atomic mass is 32.1. The van der Waals surface area contributed by atoms with E-state index in [-0.39, 0.29) is 10.7 Å². The lowest BCUT2D eigenvalue weighted by Crippen LogP contribution is -2.51. The van der Waals surface area contributed by atoms with Crippen molar-refractivity contribution < 1.29 is 9.59 Å². The Labute approximate surface area is 145 Å². The van der Waals surface area contributed by atoms with Gasteiger partial charge in [0.2, 0.25) is 0 Å². The summed E-state index contributed by atoms with van der Waals surface area (Å²) in [5.41, 5.74) is 3.80. The smallest absolute Gasteiger partial charge is 0.263 e. The summed E-state index contributed by atoms with van der Waals surface area (Å²) in [5, 5.41) is 4.98. The summed E-state index contributed by atoms with van der Waals surface area (Å²) in [4.78, 5) is 26.4. The van der Waals surface area contributed by atoms with Gasteiger partial charge >= 0.3 is 0 Å². The fraction of sp³-hybridized carbons (Fsp3) is 0.167. The van der Waals surface area contributed by atoms with Crippen LogP contribution in [-0.2, 0) is 16.1 Å². The molecule has 0 radical (unpaired) electrons. The van der Waals surface area contributed by atoms with E-state index in [9.17, 15) is 9.59 Å². The maximum Gasteiger partial charge on any atom is 0.263 e. The third-order valence-electron chi connectivity index (χ3n) is 3.96. The number of benzene rings is 1. The fourth-order valence-electron chi connectivity index (χ4n) is 2.81. The quantitative estimate of drug-likeness (QED) is 0.492. The second-order valence-corrected chi connectivity index (χ2v) is 6.12. The zero-order valence-corrected chi connectivity index (χ0v) is 14.2. The molecule has 6 heteroatoms. The Morgan fingerprint density at radius 1 is 0.958 bits per heavy atom. The SMILES string of the molecule is CC1=CC(=C2C(=O)NC(=S)NC2=O)C=C(C)N1Cc1ccccc1. The molecule has 0 aliphatic carbocycles. The van der Waals surface area contributed by atoms with Crippen LogP contribution in [0.4, 0.5) is 0 Å². The second-order valence-electron chi connectivity index (χ2n) is 5.71. The molecule has 1 fully saturated rings. The van der Waals surface area contributed by atoms with Crippen LogP contribution >= 0.6 is 12.2 Å². The van der Waals surface area contributed by atoms with E-state index in [4.69, 9.17) is 12.2 Å². The Kier molecular flexibility index (Phi) is 4.31. The van der Waals surface area contributed by atoms with Gasteiger partial charge in [-0.25, -0.2) is 0 Å². The highest BCUT2D eigenvalue weighted by molar-refractivity contribution is 7.80. The zero-order valence-electron chi connectivity index (χ0n) is 13.4. The van der Waals surface area contributed by atoms with Gasteiger partial charge in [0.15, 0.2) is 5.11 Å². The van der Waals surface area contributed by atoms with Crippen molar-refractivity contribution in [1.82, 2.24) is 15.5 Å². The number of carbonyl (C=O) groups is 2. The average Bonchev–Trinajstić information content (AvgIpc) is 2.51. The maximum absolute atomic E-state index is 12.1. The van der Waals surface area contributed by atoms with Gasteiger partial charge in [0.1, 0.15) is 5.57 Å². The van der Waals surface area contributed by atoms with Crippen molar-refractivity contribution in [2.45, 2.75) is 20.4 Å². The number of nitrogens with zero attached hydrogens (tertiary/aromatic N) is 1. The van der Waals surface area contributed by atoms with Gasteiger partial charge in [-0.1, -0.05) is 30.3 Å². The van der Waals surface area contributed by atoms with E-state index in [1.807, 2.05) is 44.2 Å². The molecule has 2 heterocycles. The molecule has 2 amide bonds. The number of hydrogen-bond donors (Lipinski definition) is 2. The standard InChI is InChI=1S/C18H17N3O2S/c1-11-8-14(15-16(22)19-18(24)20-17(15)23)9-12(2)21(11)10-13-6-4-3-5-7-13/h3-9H,10H2,1-2H3,(H2,19,20,22,23,24). The number of allylic oxidation sites excluding steroid dienone is 5. The molecule has 1 saturated heterocycles. The van der Waals surface area contributed by atoms with E-state index in [0.717, 1.165) is 17.9 Å². The van der Waals surface area contributed by atoms with Crippen LogP contribution in [0.15, 0.2) is 65.0 Å². The minimum atomic E-state index is -0.469. The van der Waals surface area contributed by atoms with Crippen LogP contribution in [0.5, 0.6) is 0 Å². The van der Waals surface area contributed by atoms with Crippen molar-refractivity contribution in [1.29, 1.82) is 0 Å². The van der Waals surface area contributed by atoms with Crippen LogP contribution in [0.3, 0.4) is 0 Å². The largest absolute Gasteiger partial charge is 0.345 e. The van der Waals surface area contributed by atoms with Gasteiger partial charge in [0, 0.05) is 17.9 Å². The molecular weight excluding hydrogens is 322 g/mol. The molecule has 0 bridgehead atoms. The Morgan fingerprint density at radius 3 is 2.04 bits per heavy atom. The van der Waals surface area contributed by atoms with Crippen molar-refractivity contribution >= 4 is 29.1 Å². The van der Waals surface area contributed by atoms with Crippen LogP contribution in [0.2, 0.25) is 0 Å². The molecule has 2 aliphatic rings. The lowest BCUT2D eigenvalue weighted by atomic mass is 9.99. The first-order valence-electron chi connectivity index (χ1n) is 7.54. The minimum Gasteiger partial charge on any atom is -0.345 e. The zero-order chi connectivity index (χ0) is 17.3. The van der Waals surface area contributed by atoms with Gasteiger partial charge < -0.3 is 4.90 Å². The molecule has 24 heavy (non-hydrogen) atoms. The van der Waals surface area contributed by atoms with Gasteiger partial charge in [-0.3, -0.25) is 20.2 Å². The molecule has 0 atom stereocenters. The molecule has 2 aliphatic heterocycles. The molecule has 0 saturated carbocycles. The molecule has 1 aromatic rings. The molecule has 0 aromatic heterocycles. The summed E-state index contributed by atoms with van der Waals surface area (Å²) in [7, 11) is 0. The molecule has 2 N–H and O–H groups in total. The summed E-state index contributed by atoms with van der Waals surface area (Å²) in [6.45, 7) is 4.66. The van der Waals surface area contributed by atoms with Gasteiger partial charge in [0.05, 0.1) is 0 Å². The van der Waals surface area contributed by atoms with Crippen molar-refractivity contribution in [3.8, 4) is 0 Å². The number of carbonyl (C=O) groups excluding carboxylic acids is 2.